The lowest BCUT2D eigenvalue weighted by atomic mass is 9.68. The van der Waals surface area contributed by atoms with Crippen LogP contribution in [0.1, 0.15) is 102 Å². The summed E-state index contributed by atoms with van der Waals surface area (Å²) < 4.78 is 7.18. The SMILES string of the molecule is CCOC(=O)CCCc1nc2ccccc2n(C2CC3CCC[C@H](C2)N3C2CC3CCCC(C3)C2)c1=O. The summed E-state index contributed by atoms with van der Waals surface area (Å²) in [5.74, 6) is 1.69. The Bertz CT molecular complexity index is 1150. The summed E-state index contributed by atoms with van der Waals surface area (Å²) in [6.45, 7) is 2.21. The Morgan fingerprint density at radius 1 is 0.919 bits per heavy atom. The number of hydrogen-bond donors (Lipinski definition) is 0. The van der Waals surface area contributed by atoms with Crippen LogP contribution in [0.5, 0.6) is 0 Å². The fourth-order valence-electron chi connectivity index (χ4n) is 8.50. The number of aryl methyl sites for hydroxylation is 1. The van der Waals surface area contributed by atoms with E-state index in [9.17, 15) is 9.59 Å². The molecule has 4 aliphatic rings. The van der Waals surface area contributed by atoms with Gasteiger partial charge in [0.25, 0.3) is 5.56 Å². The van der Waals surface area contributed by atoms with Gasteiger partial charge in [0, 0.05) is 30.6 Å². The number of carbonyl (C=O) groups excluding carboxylic acids is 1. The molecule has 6 heteroatoms. The molecule has 0 radical (unpaired) electrons. The van der Waals surface area contributed by atoms with Crippen LogP contribution >= 0.6 is 0 Å². The second-order valence-electron chi connectivity index (χ2n) is 12.2. The molecule has 2 aromatic rings. The van der Waals surface area contributed by atoms with Gasteiger partial charge in [-0.15, -0.1) is 0 Å². The Kier molecular flexibility index (Phi) is 7.38. The zero-order valence-corrected chi connectivity index (χ0v) is 22.4. The molecule has 0 amide bonds. The lowest BCUT2D eigenvalue weighted by Gasteiger charge is -2.55. The second-order valence-corrected chi connectivity index (χ2v) is 12.2. The Morgan fingerprint density at radius 2 is 1.62 bits per heavy atom. The van der Waals surface area contributed by atoms with Crippen molar-refractivity contribution in [3.63, 3.8) is 0 Å². The number of rotatable bonds is 7. The summed E-state index contributed by atoms with van der Waals surface area (Å²) in [6, 6.07) is 10.3. The highest BCUT2D eigenvalue weighted by molar-refractivity contribution is 5.75. The van der Waals surface area contributed by atoms with Crippen LogP contribution in [0.2, 0.25) is 0 Å². The van der Waals surface area contributed by atoms with Gasteiger partial charge in [-0.25, -0.2) is 4.98 Å². The summed E-state index contributed by atoms with van der Waals surface area (Å²) in [7, 11) is 0. The fraction of sp³-hybridized carbons (Fsp3) is 0.710. The molecule has 37 heavy (non-hydrogen) atoms. The molecule has 6 nitrogen and oxygen atoms in total. The fourth-order valence-corrected chi connectivity index (χ4v) is 8.50. The highest BCUT2D eigenvalue weighted by Crippen LogP contribution is 2.47. The minimum atomic E-state index is -0.198. The second kappa shape index (κ2) is 10.9. The van der Waals surface area contributed by atoms with E-state index in [0.29, 0.717) is 43.6 Å². The number of hydrogen-bond acceptors (Lipinski definition) is 5. The Hall–Kier alpha value is -2.21. The van der Waals surface area contributed by atoms with Gasteiger partial charge in [-0.3, -0.25) is 14.5 Å². The van der Waals surface area contributed by atoms with Crippen molar-refractivity contribution in [2.45, 2.75) is 121 Å². The Morgan fingerprint density at radius 3 is 2.35 bits per heavy atom. The zero-order valence-electron chi connectivity index (χ0n) is 22.4. The first kappa shape index (κ1) is 25.1. The standard InChI is InChI=1S/C31H43N3O3/c1-2-37-30(35)15-7-13-28-31(36)34(29-14-4-3-12-27(29)32-28)26-19-23-10-6-11-24(20-26)33(23)25-17-21-8-5-9-22(16-21)18-25/h3-4,12,14,21-26H,2,5-11,13,15-20H2,1H3/t21?,22?,23-,24?,25?,26?/m1/s1. The van der Waals surface area contributed by atoms with E-state index in [-0.39, 0.29) is 17.6 Å². The molecular formula is C31H43N3O3. The molecule has 0 N–H and O–H groups in total. The lowest BCUT2D eigenvalue weighted by molar-refractivity contribution is -0.143. The van der Waals surface area contributed by atoms with Crippen molar-refractivity contribution in [2.75, 3.05) is 6.61 Å². The molecule has 1 aromatic heterocycles. The maximum atomic E-state index is 13.9. The van der Waals surface area contributed by atoms with E-state index >= 15 is 0 Å². The molecule has 2 aliphatic carbocycles. The molecule has 6 rings (SSSR count). The molecule has 0 spiro atoms. The number of para-hydroxylation sites is 2. The first-order valence-electron chi connectivity index (χ1n) is 15.0. The van der Waals surface area contributed by atoms with Crippen LogP contribution in [0.4, 0.5) is 0 Å². The number of ether oxygens (including phenoxy) is 1. The molecule has 5 atom stereocenters. The van der Waals surface area contributed by atoms with E-state index in [2.05, 4.69) is 15.5 Å². The van der Waals surface area contributed by atoms with Crippen molar-refractivity contribution < 1.29 is 9.53 Å². The number of aromatic nitrogens is 2. The predicted octanol–water partition coefficient (Wildman–Crippen LogP) is 5.81. The van der Waals surface area contributed by atoms with Gasteiger partial charge in [-0.1, -0.05) is 37.8 Å². The quantitative estimate of drug-likeness (QED) is 0.445. The van der Waals surface area contributed by atoms with Gasteiger partial charge in [-0.05, 0) is 88.7 Å². The smallest absolute Gasteiger partial charge is 0.305 e. The van der Waals surface area contributed by atoms with Gasteiger partial charge in [0.2, 0.25) is 0 Å². The van der Waals surface area contributed by atoms with E-state index < -0.39 is 0 Å². The van der Waals surface area contributed by atoms with Gasteiger partial charge < -0.3 is 9.30 Å². The van der Waals surface area contributed by atoms with Crippen molar-refractivity contribution in [3.05, 3.63) is 40.3 Å². The summed E-state index contributed by atoms with van der Waals surface area (Å²) >= 11 is 0. The van der Waals surface area contributed by atoms with Crippen LogP contribution < -0.4 is 5.56 Å². The third kappa shape index (κ3) is 5.10. The molecule has 3 heterocycles. The van der Waals surface area contributed by atoms with Crippen molar-refractivity contribution in [1.82, 2.24) is 14.5 Å². The maximum absolute atomic E-state index is 13.9. The van der Waals surface area contributed by atoms with Gasteiger partial charge in [0.05, 0.1) is 17.6 Å². The minimum Gasteiger partial charge on any atom is -0.466 e. The third-order valence-corrected chi connectivity index (χ3v) is 9.86. The number of esters is 1. The van der Waals surface area contributed by atoms with Crippen LogP contribution in [0.15, 0.2) is 29.1 Å². The van der Waals surface area contributed by atoms with E-state index in [1.165, 1.54) is 57.8 Å². The topological polar surface area (TPSA) is 64.4 Å². The van der Waals surface area contributed by atoms with Crippen LogP contribution in [0.3, 0.4) is 0 Å². The molecule has 4 unspecified atom stereocenters. The molecule has 1 aromatic carbocycles. The summed E-state index contributed by atoms with van der Waals surface area (Å²) in [4.78, 5) is 33.5. The molecule has 2 saturated heterocycles. The number of piperidine rings is 2. The van der Waals surface area contributed by atoms with Gasteiger partial charge in [-0.2, -0.15) is 0 Å². The molecule has 2 saturated carbocycles. The molecule has 4 bridgehead atoms. The molecule has 200 valence electrons. The summed E-state index contributed by atoms with van der Waals surface area (Å²) in [6.07, 6.45) is 16.0. The lowest BCUT2D eigenvalue weighted by Crippen LogP contribution is -2.58. The zero-order chi connectivity index (χ0) is 25.4. The maximum Gasteiger partial charge on any atom is 0.305 e. The van der Waals surface area contributed by atoms with Crippen molar-refractivity contribution in [1.29, 1.82) is 0 Å². The highest BCUT2D eigenvalue weighted by Gasteiger charge is 2.45. The van der Waals surface area contributed by atoms with E-state index in [0.717, 1.165) is 41.8 Å². The van der Waals surface area contributed by atoms with Crippen LogP contribution in [-0.2, 0) is 16.0 Å². The van der Waals surface area contributed by atoms with Crippen LogP contribution in [-0.4, -0.2) is 45.2 Å². The van der Waals surface area contributed by atoms with Crippen molar-refractivity contribution >= 4 is 17.0 Å². The third-order valence-electron chi connectivity index (χ3n) is 9.86. The van der Waals surface area contributed by atoms with Gasteiger partial charge in [0.15, 0.2) is 0 Å². The number of carbonyl (C=O) groups is 1. The Labute approximate surface area is 220 Å². The predicted molar refractivity (Wildman–Crippen MR) is 146 cm³/mol. The van der Waals surface area contributed by atoms with Crippen molar-refractivity contribution in [3.8, 4) is 0 Å². The highest BCUT2D eigenvalue weighted by atomic mass is 16.5. The number of benzene rings is 1. The first-order valence-corrected chi connectivity index (χ1v) is 15.0. The molecule has 2 aliphatic heterocycles. The monoisotopic (exact) mass is 505 g/mol. The first-order chi connectivity index (χ1) is 18.1. The minimum absolute atomic E-state index is 0.0475. The molecular weight excluding hydrogens is 462 g/mol. The average Bonchev–Trinajstić information content (AvgIpc) is 2.88. The van der Waals surface area contributed by atoms with Crippen LogP contribution in [0, 0.1) is 11.8 Å². The summed E-state index contributed by atoms with van der Waals surface area (Å²) in [5.41, 5.74) is 2.49. The average molecular weight is 506 g/mol. The van der Waals surface area contributed by atoms with Gasteiger partial charge >= 0.3 is 5.97 Å². The van der Waals surface area contributed by atoms with Gasteiger partial charge in [0.1, 0.15) is 5.69 Å². The van der Waals surface area contributed by atoms with E-state index in [1.807, 2.05) is 25.1 Å². The summed E-state index contributed by atoms with van der Waals surface area (Å²) in [5, 5.41) is 0. The van der Waals surface area contributed by atoms with Crippen LogP contribution in [0.25, 0.3) is 11.0 Å². The normalized spacial score (nSPS) is 31.8. The van der Waals surface area contributed by atoms with E-state index in [4.69, 9.17) is 9.72 Å². The molecule has 4 fully saturated rings. The van der Waals surface area contributed by atoms with Crippen molar-refractivity contribution in [2.24, 2.45) is 11.8 Å². The largest absolute Gasteiger partial charge is 0.466 e. The number of fused-ring (bicyclic) bond motifs is 5. The Balaban J connectivity index is 1.26. The number of nitrogens with zero attached hydrogens (tertiary/aromatic N) is 3. The van der Waals surface area contributed by atoms with E-state index in [1.54, 1.807) is 0 Å².